The van der Waals surface area contributed by atoms with Gasteiger partial charge in [0.05, 0.1) is 11.1 Å². The van der Waals surface area contributed by atoms with E-state index in [1.54, 1.807) is 17.7 Å². The molecular formula is C18H24FN5O2. The van der Waals surface area contributed by atoms with Gasteiger partial charge < -0.3 is 19.9 Å². The van der Waals surface area contributed by atoms with Crippen molar-refractivity contribution in [1.82, 2.24) is 19.4 Å². The van der Waals surface area contributed by atoms with Crippen LogP contribution < -0.4 is 10.5 Å². The van der Waals surface area contributed by atoms with E-state index in [1.807, 2.05) is 26.0 Å². The number of fused-ring (bicyclic) bond motifs is 1. The number of nitrogens with two attached hydrogens (primary N) is 1. The first kappa shape index (κ1) is 21.0. The second-order valence-electron chi connectivity index (χ2n) is 5.80. The van der Waals surface area contributed by atoms with Gasteiger partial charge in [-0.3, -0.25) is 4.79 Å². The van der Waals surface area contributed by atoms with Crippen LogP contribution in [0.15, 0.2) is 30.6 Å². The van der Waals surface area contributed by atoms with E-state index in [0.29, 0.717) is 28.7 Å². The van der Waals surface area contributed by atoms with Crippen LogP contribution in [-0.2, 0) is 7.05 Å². The van der Waals surface area contributed by atoms with E-state index in [1.165, 1.54) is 18.5 Å². The van der Waals surface area contributed by atoms with E-state index in [2.05, 4.69) is 9.97 Å². The van der Waals surface area contributed by atoms with Crippen molar-refractivity contribution in [2.24, 2.45) is 7.05 Å². The standard InChI is InChI=1S/C14H11FN4O2.C3H9N.CH4/c1-19-9(6-20)5-10-13(19)17-7-18-14(10)21-12-3-2-8(16)4-11(12)15;1-4(2)3;/h2-7H,16H2,1H3;1-3H3;1H4. The quantitative estimate of drug-likeness (QED) is 0.570. The number of rotatable bonds is 3. The molecule has 0 saturated carbocycles. The van der Waals surface area contributed by atoms with Crippen molar-refractivity contribution in [3.05, 3.63) is 42.1 Å². The highest BCUT2D eigenvalue weighted by molar-refractivity contribution is 5.89. The number of nitrogen functional groups attached to an aromatic ring is 1. The third-order valence-electron chi connectivity index (χ3n) is 3.11. The van der Waals surface area contributed by atoms with Crippen molar-refractivity contribution in [3.8, 4) is 11.6 Å². The Morgan fingerprint density at radius 1 is 1.23 bits per heavy atom. The van der Waals surface area contributed by atoms with Gasteiger partial charge in [0.1, 0.15) is 12.0 Å². The maximum absolute atomic E-state index is 13.8. The van der Waals surface area contributed by atoms with E-state index in [0.717, 1.165) is 6.07 Å². The van der Waals surface area contributed by atoms with Gasteiger partial charge in [-0.25, -0.2) is 14.4 Å². The van der Waals surface area contributed by atoms with Crippen LogP contribution in [0.5, 0.6) is 11.6 Å². The Labute approximate surface area is 152 Å². The highest BCUT2D eigenvalue weighted by atomic mass is 19.1. The molecule has 140 valence electrons. The molecule has 2 N–H and O–H groups in total. The number of aryl methyl sites for hydroxylation is 1. The summed E-state index contributed by atoms with van der Waals surface area (Å²) in [6.45, 7) is 0. The Kier molecular flexibility index (Phi) is 7.21. The molecule has 26 heavy (non-hydrogen) atoms. The fourth-order valence-corrected chi connectivity index (χ4v) is 2.03. The Bertz CT molecular complexity index is 890. The Hall–Kier alpha value is -3.00. The predicted octanol–water partition coefficient (Wildman–Crippen LogP) is 3.11. The zero-order valence-electron chi connectivity index (χ0n) is 14.5. The van der Waals surface area contributed by atoms with Crippen LogP contribution in [0.25, 0.3) is 11.0 Å². The first-order chi connectivity index (χ1) is 11.8. The summed E-state index contributed by atoms with van der Waals surface area (Å²) in [5.74, 6) is -0.415. The van der Waals surface area contributed by atoms with Crippen LogP contribution in [-0.4, -0.2) is 46.9 Å². The number of carbonyl (C=O) groups excluding carboxylic acids is 1. The maximum Gasteiger partial charge on any atom is 0.231 e. The molecule has 8 heteroatoms. The second kappa shape index (κ2) is 8.91. The SMILES string of the molecule is C.CN(C)C.Cn1c(C=O)cc2c(Oc3ccc(N)cc3F)ncnc21. The molecule has 0 aliphatic carbocycles. The van der Waals surface area contributed by atoms with E-state index in [-0.39, 0.29) is 19.1 Å². The Morgan fingerprint density at radius 2 is 1.88 bits per heavy atom. The van der Waals surface area contributed by atoms with Gasteiger partial charge in [-0.2, -0.15) is 0 Å². The number of hydrogen-bond donors (Lipinski definition) is 1. The minimum Gasteiger partial charge on any atom is -0.435 e. The number of ether oxygens (including phenoxy) is 1. The fourth-order valence-electron chi connectivity index (χ4n) is 2.03. The predicted molar refractivity (Wildman–Crippen MR) is 101 cm³/mol. The molecule has 0 aliphatic heterocycles. The van der Waals surface area contributed by atoms with Crippen LogP contribution in [0, 0.1) is 5.82 Å². The monoisotopic (exact) mass is 361 g/mol. The van der Waals surface area contributed by atoms with Crippen molar-refractivity contribution in [2.75, 3.05) is 26.9 Å². The molecule has 0 bridgehead atoms. The number of nitrogens with zero attached hydrogens (tertiary/aromatic N) is 4. The highest BCUT2D eigenvalue weighted by Gasteiger charge is 2.14. The zero-order valence-corrected chi connectivity index (χ0v) is 14.5. The summed E-state index contributed by atoms with van der Waals surface area (Å²) in [4.78, 5) is 21.1. The molecule has 2 heterocycles. The van der Waals surface area contributed by atoms with Crippen molar-refractivity contribution in [3.63, 3.8) is 0 Å². The summed E-state index contributed by atoms with van der Waals surface area (Å²) >= 11 is 0. The molecule has 0 atom stereocenters. The summed E-state index contributed by atoms with van der Waals surface area (Å²) in [5.41, 5.74) is 6.74. The average molecular weight is 361 g/mol. The van der Waals surface area contributed by atoms with E-state index < -0.39 is 5.82 Å². The van der Waals surface area contributed by atoms with Crippen LogP contribution in [0.2, 0.25) is 0 Å². The second-order valence-corrected chi connectivity index (χ2v) is 5.80. The average Bonchev–Trinajstić information content (AvgIpc) is 2.87. The van der Waals surface area contributed by atoms with Gasteiger partial charge in [0.15, 0.2) is 17.9 Å². The van der Waals surface area contributed by atoms with Crippen LogP contribution in [0.4, 0.5) is 10.1 Å². The lowest BCUT2D eigenvalue weighted by atomic mass is 10.3. The molecule has 0 unspecified atom stereocenters. The minimum absolute atomic E-state index is 0. The summed E-state index contributed by atoms with van der Waals surface area (Å²) in [6, 6.07) is 5.70. The van der Waals surface area contributed by atoms with E-state index in [4.69, 9.17) is 10.5 Å². The molecule has 0 aliphatic rings. The van der Waals surface area contributed by atoms with Gasteiger partial charge in [-0.05, 0) is 39.3 Å². The van der Waals surface area contributed by atoms with E-state index in [9.17, 15) is 9.18 Å². The molecule has 3 aromatic rings. The number of benzene rings is 1. The van der Waals surface area contributed by atoms with Crippen LogP contribution >= 0.6 is 0 Å². The third kappa shape index (κ3) is 4.76. The largest absolute Gasteiger partial charge is 0.435 e. The molecule has 7 nitrogen and oxygen atoms in total. The number of anilines is 1. The van der Waals surface area contributed by atoms with Crippen molar-refractivity contribution >= 4 is 23.0 Å². The fraction of sp³-hybridized carbons (Fsp3) is 0.278. The van der Waals surface area contributed by atoms with E-state index >= 15 is 0 Å². The number of aldehydes is 1. The van der Waals surface area contributed by atoms with Gasteiger partial charge in [-0.15, -0.1) is 0 Å². The van der Waals surface area contributed by atoms with Gasteiger partial charge in [-0.1, -0.05) is 7.43 Å². The maximum atomic E-state index is 13.8. The molecule has 0 amide bonds. The summed E-state index contributed by atoms with van der Waals surface area (Å²) in [7, 11) is 7.70. The van der Waals surface area contributed by atoms with Gasteiger partial charge >= 0.3 is 0 Å². The number of hydrogen-bond acceptors (Lipinski definition) is 6. The Balaban J connectivity index is 0.000000616. The lowest BCUT2D eigenvalue weighted by Crippen LogP contribution is -1.99. The topological polar surface area (TPSA) is 86.3 Å². The lowest BCUT2D eigenvalue weighted by molar-refractivity contribution is 0.111. The zero-order chi connectivity index (χ0) is 18.6. The highest BCUT2D eigenvalue weighted by Crippen LogP contribution is 2.30. The van der Waals surface area contributed by atoms with Gasteiger partial charge in [0.2, 0.25) is 5.88 Å². The first-order valence-electron chi connectivity index (χ1n) is 7.43. The molecule has 0 spiro atoms. The van der Waals surface area contributed by atoms with Gasteiger partial charge in [0.25, 0.3) is 0 Å². The molecule has 1 aromatic carbocycles. The van der Waals surface area contributed by atoms with Crippen LogP contribution in [0.1, 0.15) is 17.9 Å². The molecule has 3 rings (SSSR count). The molecule has 0 radical (unpaired) electrons. The molecule has 0 fully saturated rings. The summed E-state index contributed by atoms with van der Waals surface area (Å²) in [6.07, 6.45) is 2.00. The summed E-state index contributed by atoms with van der Waals surface area (Å²) in [5, 5.41) is 0.526. The first-order valence-corrected chi connectivity index (χ1v) is 7.43. The normalized spacial score (nSPS) is 10.1. The number of aromatic nitrogens is 3. The van der Waals surface area contributed by atoms with Crippen molar-refractivity contribution in [1.29, 1.82) is 0 Å². The number of carbonyl (C=O) groups is 1. The molecular weight excluding hydrogens is 337 g/mol. The summed E-state index contributed by atoms with van der Waals surface area (Å²) < 4.78 is 20.9. The third-order valence-corrected chi connectivity index (χ3v) is 3.11. The smallest absolute Gasteiger partial charge is 0.231 e. The molecule has 2 aromatic heterocycles. The van der Waals surface area contributed by atoms with Gasteiger partial charge in [0, 0.05) is 18.8 Å². The minimum atomic E-state index is -0.590. The van der Waals surface area contributed by atoms with Crippen molar-refractivity contribution in [2.45, 2.75) is 7.43 Å². The number of halogens is 1. The Morgan fingerprint density at radius 3 is 2.46 bits per heavy atom. The lowest BCUT2D eigenvalue weighted by Gasteiger charge is -2.07. The molecule has 0 saturated heterocycles. The van der Waals surface area contributed by atoms with Crippen LogP contribution in [0.3, 0.4) is 0 Å². The van der Waals surface area contributed by atoms with Crippen molar-refractivity contribution < 1.29 is 13.9 Å².